The van der Waals surface area contributed by atoms with E-state index in [-0.39, 0.29) is 0 Å². The Balaban J connectivity index is 2.53. The standard InChI is InChI=1S/C15H14ClNO2/c1-17(14-7-3-4-9-15(14)19-2)13-8-5-6-12(16)11(13)10-18/h3-10H,1-2H3. The summed E-state index contributed by atoms with van der Waals surface area (Å²) in [4.78, 5) is 13.1. The molecule has 0 aromatic heterocycles. The molecule has 0 unspecified atom stereocenters. The molecule has 0 amide bonds. The summed E-state index contributed by atoms with van der Waals surface area (Å²) >= 11 is 6.05. The first-order chi connectivity index (χ1) is 9.19. The van der Waals surface area contributed by atoms with Gasteiger partial charge in [-0.2, -0.15) is 0 Å². The van der Waals surface area contributed by atoms with E-state index < -0.39 is 0 Å². The number of hydrogen-bond donors (Lipinski definition) is 0. The Hall–Kier alpha value is -2.00. The number of ether oxygens (including phenoxy) is 1. The lowest BCUT2D eigenvalue weighted by Crippen LogP contribution is -2.12. The van der Waals surface area contributed by atoms with Crippen LogP contribution in [0.3, 0.4) is 0 Å². The monoisotopic (exact) mass is 275 g/mol. The fourth-order valence-electron chi connectivity index (χ4n) is 1.97. The van der Waals surface area contributed by atoms with Crippen LogP contribution in [0.2, 0.25) is 5.02 Å². The number of nitrogens with zero attached hydrogens (tertiary/aromatic N) is 1. The Morgan fingerprint density at radius 1 is 1.11 bits per heavy atom. The Morgan fingerprint density at radius 3 is 2.47 bits per heavy atom. The van der Waals surface area contributed by atoms with Crippen LogP contribution in [0.5, 0.6) is 5.75 Å². The zero-order chi connectivity index (χ0) is 13.8. The molecule has 3 nitrogen and oxygen atoms in total. The van der Waals surface area contributed by atoms with E-state index in [1.165, 1.54) is 0 Å². The van der Waals surface area contributed by atoms with Gasteiger partial charge in [0.05, 0.1) is 29.1 Å². The summed E-state index contributed by atoms with van der Waals surface area (Å²) in [5, 5.41) is 0.439. The van der Waals surface area contributed by atoms with Crippen LogP contribution in [0.4, 0.5) is 11.4 Å². The minimum atomic E-state index is 0.439. The van der Waals surface area contributed by atoms with E-state index in [1.807, 2.05) is 48.3 Å². The van der Waals surface area contributed by atoms with E-state index >= 15 is 0 Å². The summed E-state index contributed by atoms with van der Waals surface area (Å²) in [6, 6.07) is 13.0. The lowest BCUT2D eigenvalue weighted by molar-refractivity contribution is 0.112. The van der Waals surface area contributed by atoms with Crippen LogP contribution in [-0.4, -0.2) is 20.4 Å². The summed E-state index contributed by atoms with van der Waals surface area (Å²) in [7, 11) is 3.49. The zero-order valence-electron chi connectivity index (χ0n) is 10.8. The number of aldehydes is 1. The van der Waals surface area contributed by atoms with Gasteiger partial charge in [-0.1, -0.05) is 29.8 Å². The van der Waals surface area contributed by atoms with Crippen LogP contribution < -0.4 is 9.64 Å². The van der Waals surface area contributed by atoms with Gasteiger partial charge in [0.1, 0.15) is 5.75 Å². The van der Waals surface area contributed by atoms with E-state index in [4.69, 9.17) is 16.3 Å². The number of methoxy groups -OCH3 is 1. The van der Waals surface area contributed by atoms with Crippen LogP contribution in [0.1, 0.15) is 10.4 Å². The van der Waals surface area contributed by atoms with Gasteiger partial charge in [-0.25, -0.2) is 0 Å². The number of para-hydroxylation sites is 2. The molecule has 0 atom stereocenters. The fourth-order valence-corrected chi connectivity index (χ4v) is 2.19. The molecule has 0 aliphatic carbocycles. The number of carbonyl (C=O) groups excluding carboxylic acids is 1. The second-order valence-corrected chi connectivity index (χ2v) is 4.43. The van der Waals surface area contributed by atoms with Gasteiger partial charge in [-0.15, -0.1) is 0 Å². The molecular formula is C15H14ClNO2. The molecule has 2 aromatic carbocycles. The minimum absolute atomic E-state index is 0.439. The van der Waals surface area contributed by atoms with E-state index in [0.717, 1.165) is 23.4 Å². The molecule has 0 heterocycles. The number of hydrogen-bond acceptors (Lipinski definition) is 3. The summed E-state index contributed by atoms with van der Waals surface area (Å²) < 4.78 is 5.33. The van der Waals surface area contributed by atoms with Crippen LogP contribution in [0.25, 0.3) is 0 Å². The summed E-state index contributed by atoms with van der Waals surface area (Å²) in [6.07, 6.45) is 0.767. The van der Waals surface area contributed by atoms with Crippen LogP contribution >= 0.6 is 11.6 Å². The van der Waals surface area contributed by atoms with Crippen LogP contribution in [0.15, 0.2) is 42.5 Å². The van der Waals surface area contributed by atoms with Crippen molar-refractivity contribution in [3.05, 3.63) is 53.1 Å². The second-order valence-electron chi connectivity index (χ2n) is 4.02. The summed E-state index contributed by atoms with van der Waals surface area (Å²) in [5.41, 5.74) is 2.08. The Labute approximate surface area is 117 Å². The number of carbonyl (C=O) groups is 1. The molecule has 4 heteroatoms. The molecule has 0 saturated heterocycles. The van der Waals surface area contributed by atoms with Gasteiger partial charge >= 0.3 is 0 Å². The van der Waals surface area contributed by atoms with E-state index in [9.17, 15) is 4.79 Å². The van der Waals surface area contributed by atoms with E-state index in [1.54, 1.807) is 13.2 Å². The van der Waals surface area contributed by atoms with Crippen molar-refractivity contribution in [1.82, 2.24) is 0 Å². The number of anilines is 2. The summed E-state index contributed by atoms with van der Waals surface area (Å²) in [6.45, 7) is 0. The quantitative estimate of drug-likeness (QED) is 0.792. The average molecular weight is 276 g/mol. The third-order valence-corrected chi connectivity index (χ3v) is 3.29. The SMILES string of the molecule is COc1ccccc1N(C)c1cccc(Cl)c1C=O. The molecule has 0 fully saturated rings. The van der Waals surface area contributed by atoms with Gasteiger partial charge in [-0.05, 0) is 24.3 Å². The lowest BCUT2D eigenvalue weighted by Gasteiger charge is -2.23. The lowest BCUT2D eigenvalue weighted by atomic mass is 10.1. The molecule has 0 aliphatic rings. The van der Waals surface area contributed by atoms with Gasteiger partial charge in [0, 0.05) is 7.05 Å². The van der Waals surface area contributed by atoms with Crippen LogP contribution in [-0.2, 0) is 0 Å². The molecule has 2 rings (SSSR count). The molecule has 0 spiro atoms. The van der Waals surface area contributed by atoms with Crippen molar-refractivity contribution in [3.8, 4) is 5.75 Å². The first-order valence-electron chi connectivity index (χ1n) is 5.79. The maximum Gasteiger partial charge on any atom is 0.153 e. The molecule has 0 aliphatic heterocycles. The van der Waals surface area contributed by atoms with Crippen molar-refractivity contribution in [1.29, 1.82) is 0 Å². The van der Waals surface area contributed by atoms with Crippen LogP contribution in [0, 0.1) is 0 Å². The Kier molecular flexibility index (Phi) is 4.07. The zero-order valence-corrected chi connectivity index (χ0v) is 11.5. The predicted molar refractivity (Wildman–Crippen MR) is 77.9 cm³/mol. The third kappa shape index (κ3) is 2.56. The Bertz CT molecular complexity index is 598. The highest BCUT2D eigenvalue weighted by molar-refractivity contribution is 6.33. The fraction of sp³-hybridized carbons (Fsp3) is 0.133. The van der Waals surface area contributed by atoms with Gasteiger partial charge in [-0.3, -0.25) is 4.79 Å². The number of halogens is 1. The first kappa shape index (κ1) is 13.4. The highest BCUT2D eigenvalue weighted by Gasteiger charge is 2.14. The molecule has 0 bridgehead atoms. The average Bonchev–Trinajstić information content (AvgIpc) is 2.46. The van der Waals surface area contributed by atoms with Crippen molar-refractivity contribution in [2.75, 3.05) is 19.1 Å². The van der Waals surface area contributed by atoms with Crippen molar-refractivity contribution < 1.29 is 9.53 Å². The van der Waals surface area contributed by atoms with Crippen molar-refractivity contribution in [2.45, 2.75) is 0 Å². The van der Waals surface area contributed by atoms with Crippen molar-refractivity contribution in [2.24, 2.45) is 0 Å². The third-order valence-electron chi connectivity index (χ3n) is 2.96. The Morgan fingerprint density at radius 2 is 1.79 bits per heavy atom. The van der Waals surface area contributed by atoms with E-state index in [2.05, 4.69) is 0 Å². The van der Waals surface area contributed by atoms with Gasteiger partial charge in [0.2, 0.25) is 0 Å². The largest absolute Gasteiger partial charge is 0.495 e. The molecule has 0 N–H and O–H groups in total. The normalized spacial score (nSPS) is 10.1. The molecule has 2 aromatic rings. The molecule has 0 radical (unpaired) electrons. The molecule has 0 saturated carbocycles. The summed E-state index contributed by atoms with van der Waals surface area (Å²) in [5.74, 6) is 0.738. The highest BCUT2D eigenvalue weighted by Crippen LogP contribution is 2.35. The van der Waals surface area contributed by atoms with E-state index in [0.29, 0.717) is 10.6 Å². The topological polar surface area (TPSA) is 29.5 Å². The predicted octanol–water partition coefficient (Wildman–Crippen LogP) is 3.93. The minimum Gasteiger partial charge on any atom is -0.495 e. The van der Waals surface area contributed by atoms with Crippen molar-refractivity contribution >= 4 is 29.3 Å². The molecule has 98 valence electrons. The maximum absolute atomic E-state index is 11.2. The first-order valence-corrected chi connectivity index (χ1v) is 6.17. The van der Waals surface area contributed by atoms with Gasteiger partial charge in [0.15, 0.2) is 6.29 Å². The molecule has 19 heavy (non-hydrogen) atoms. The maximum atomic E-state index is 11.2. The smallest absolute Gasteiger partial charge is 0.153 e. The second kappa shape index (κ2) is 5.76. The van der Waals surface area contributed by atoms with Crippen molar-refractivity contribution in [3.63, 3.8) is 0 Å². The molecular weight excluding hydrogens is 262 g/mol. The number of rotatable bonds is 4. The number of benzene rings is 2. The van der Waals surface area contributed by atoms with Gasteiger partial charge < -0.3 is 9.64 Å². The van der Waals surface area contributed by atoms with Gasteiger partial charge in [0.25, 0.3) is 0 Å². The highest BCUT2D eigenvalue weighted by atomic mass is 35.5.